The number of nitrogens with one attached hydrogen (secondary N) is 1. The van der Waals surface area contributed by atoms with Gasteiger partial charge in [0.15, 0.2) is 11.5 Å². The number of ether oxygens (including phenoxy) is 2. The Bertz CT molecular complexity index is 513. The summed E-state index contributed by atoms with van der Waals surface area (Å²) >= 11 is 0. The molecule has 0 radical (unpaired) electrons. The van der Waals surface area contributed by atoms with E-state index in [0.717, 1.165) is 6.08 Å². The molecule has 0 fully saturated rings. The minimum Gasteiger partial charge on any atom is -0.493 e. The molecule has 0 aromatic heterocycles. The fourth-order valence-electron chi connectivity index (χ4n) is 1.48. The zero-order chi connectivity index (χ0) is 15.9. The van der Waals surface area contributed by atoms with Gasteiger partial charge in [-0.05, 0) is 30.7 Å². The summed E-state index contributed by atoms with van der Waals surface area (Å²) in [4.78, 5) is 11.2. The highest BCUT2D eigenvalue weighted by Gasteiger charge is 2.27. The third-order valence-electron chi connectivity index (χ3n) is 2.38. The first-order valence-corrected chi connectivity index (χ1v) is 6.19. The Morgan fingerprint density at radius 2 is 2.05 bits per heavy atom. The van der Waals surface area contributed by atoms with Crippen molar-refractivity contribution in [2.75, 3.05) is 20.3 Å². The molecule has 0 atom stereocenters. The largest absolute Gasteiger partial charge is 0.493 e. The number of benzene rings is 1. The minimum atomic E-state index is -4.42. The van der Waals surface area contributed by atoms with Crippen LogP contribution in [0, 0.1) is 0 Å². The van der Waals surface area contributed by atoms with Gasteiger partial charge in [0.05, 0.1) is 13.7 Å². The van der Waals surface area contributed by atoms with E-state index in [4.69, 9.17) is 9.47 Å². The van der Waals surface area contributed by atoms with E-state index in [1.54, 1.807) is 23.5 Å². The third kappa shape index (κ3) is 6.20. The van der Waals surface area contributed by atoms with Gasteiger partial charge >= 0.3 is 6.18 Å². The molecule has 1 N–H and O–H groups in total. The average Bonchev–Trinajstić information content (AvgIpc) is 2.43. The van der Waals surface area contributed by atoms with Crippen LogP contribution in [-0.2, 0) is 4.79 Å². The van der Waals surface area contributed by atoms with Crippen LogP contribution in [0.5, 0.6) is 11.5 Å². The van der Waals surface area contributed by atoms with Crippen molar-refractivity contribution >= 4 is 12.0 Å². The fraction of sp³-hybridized carbons (Fsp3) is 0.357. The quantitative estimate of drug-likeness (QED) is 0.822. The standard InChI is InChI=1S/C14H16F3NO3/c1-3-21-11-6-4-10(8-12(11)20-2)5-7-13(19)18-9-14(15,16)17/h4-8H,3,9H2,1-2H3,(H,18,19)/b7-5+. The van der Waals surface area contributed by atoms with Gasteiger partial charge in [-0.15, -0.1) is 0 Å². The molecule has 0 unspecified atom stereocenters. The first-order chi connectivity index (χ1) is 9.85. The van der Waals surface area contributed by atoms with Gasteiger partial charge in [0, 0.05) is 6.08 Å². The van der Waals surface area contributed by atoms with Crippen molar-refractivity contribution in [1.82, 2.24) is 5.32 Å². The fourth-order valence-corrected chi connectivity index (χ4v) is 1.48. The summed E-state index contributed by atoms with van der Waals surface area (Å²) in [6.45, 7) is 0.951. The molecule has 1 rings (SSSR count). The predicted octanol–water partition coefficient (Wildman–Crippen LogP) is 2.79. The van der Waals surface area contributed by atoms with E-state index >= 15 is 0 Å². The lowest BCUT2D eigenvalue weighted by Crippen LogP contribution is -2.32. The SMILES string of the molecule is CCOc1ccc(/C=C/C(=O)NCC(F)(F)F)cc1OC. The van der Waals surface area contributed by atoms with Gasteiger partial charge in [0.1, 0.15) is 6.54 Å². The normalized spacial score (nSPS) is 11.5. The van der Waals surface area contributed by atoms with E-state index in [-0.39, 0.29) is 0 Å². The number of hydrogen-bond acceptors (Lipinski definition) is 3. The van der Waals surface area contributed by atoms with Crippen molar-refractivity contribution < 1.29 is 27.4 Å². The van der Waals surface area contributed by atoms with Crippen molar-refractivity contribution in [3.8, 4) is 11.5 Å². The van der Waals surface area contributed by atoms with E-state index in [1.807, 2.05) is 6.92 Å². The molecule has 0 saturated carbocycles. The molecule has 0 spiro atoms. The molecule has 116 valence electrons. The Hall–Kier alpha value is -2.18. The summed E-state index contributed by atoms with van der Waals surface area (Å²) in [5.41, 5.74) is 0.609. The zero-order valence-electron chi connectivity index (χ0n) is 11.7. The van der Waals surface area contributed by atoms with Crippen LogP contribution in [0.4, 0.5) is 13.2 Å². The maximum atomic E-state index is 11.9. The number of methoxy groups -OCH3 is 1. The van der Waals surface area contributed by atoms with Crippen LogP contribution in [0.1, 0.15) is 12.5 Å². The number of amides is 1. The average molecular weight is 303 g/mol. The van der Waals surface area contributed by atoms with Crippen LogP contribution in [-0.4, -0.2) is 32.3 Å². The van der Waals surface area contributed by atoms with Crippen molar-refractivity contribution in [3.63, 3.8) is 0 Å². The molecule has 1 amide bonds. The molecule has 1 aromatic rings. The van der Waals surface area contributed by atoms with E-state index in [0.29, 0.717) is 23.7 Å². The van der Waals surface area contributed by atoms with Crippen LogP contribution >= 0.6 is 0 Å². The molecule has 7 heteroatoms. The van der Waals surface area contributed by atoms with Gasteiger partial charge in [0.25, 0.3) is 0 Å². The molecule has 0 bridgehead atoms. The van der Waals surface area contributed by atoms with Crippen molar-refractivity contribution in [2.24, 2.45) is 0 Å². The van der Waals surface area contributed by atoms with Crippen LogP contribution in [0.2, 0.25) is 0 Å². The highest BCUT2D eigenvalue weighted by Crippen LogP contribution is 2.28. The summed E-state index contributed by atoms with van der Waals surface area (Å²) in [5.74, 6) is 0.216. The van der Waals surface area contributed by atoms with Gasteiger partial charge in [-0.25, -0.2) is 0 Å². The predicted molar refractivity (Wildman–Crippen MR) is 72.3 cm³/mol. The van der Waals surface area contributed by atoms with Gasteiger partial charge in [0.2, 0.25) is 5.91 Å². The summed E-state index contributed by atoms with van der Waals surface area (Å²) in [7, 11) is 1.47. The van der Waals surface area contributed by atoms with E-state index in [2.05, 4.69) is 0 Å². The Morgan fingerprint density at radius 3 is 2.62 bits per heavy atom. The van der Waals surface area contributed by atoms with Crippen LogP contribution < -0.4 is 14.8 Å². The van der Waals surface area contributed by atoms with Gasteiger partial charge in [-0.1, -0.05) is 6.07 Å². The summed E-state index contributed by atoms with van der Waals surface area (Å²) in [6, 6.07) is 4.95. The maximum Gasteiger partial charge on any atom is 0.405 e. The highest BCUT2D eigenvalue weighted by atomic mass is 19.4. The molecule has 0 aliphatic carbocycles. The number of halogens is 3. The van der Waals surface area contributed by atoms with Crippen LogP contribution in [0.15, 0.2) is 24.3 Å². The number of hydrogen-bond donors (Lipinski definition) is 1. The molecule has 0 aliphatic heterocycles. The molecular weight excluding hydrogens is 287 g/mol. The van der Waals surface area contributed by atoms with E-state index in [9.17, 15) is 18.0 Å². The Morgan fingerprint density at radius 1 is 1.33 bits per heavy atom. The number of carbonyl (C=O) groups excluding carboxylic acids is 1. The second kappa shape index (κ2) is 7.56. The second-order valence-corrected chi connectivity index (χ2v) is 4.01. The molecular formula is C14H16F3NO3. The monoisotopic (exact) mass is 303 g/mol. The Kier molecular flexibility index (Phi) is 6.08. The maximum absolute atomic E-state index is 11.9. The first kappa shape index (κ1) is 16.9. The Labute approximate surface area is 120 Å². The summed E-state index contributed by atoms with van der Waals surface area (Å²) in [6.07, 6.45) is -2.00. The third-order valence-corrected chi connectivity index (χ3v) is 2.38. The van der Waals surface area contributed by atoms with E-state index < -0.39 is 18.6 Å². The lowest BCUT2D eigenvalue weighted by Gasteiger charge is -2.09. The number of carbonyl (C=O) groups is 1. The Balaban J connectivity index is 2.70. The second-order valence-electron chi connectivity index (χ2n) is 4.01. The summed E-state index contributed by atoms with van der Waals surface area (Å²) < 4.78 is 46.2. The number of alkyl halides is 3. The minimum absolute atomic E-state index is 0.478. The van der Waals surface area contributed by atoms with Crippen LogP contribution in [0.3, 0.4) is 0 Å². The molecule has 21 heavy (non-hydrogen) atoms. The first-order valence-electron chi connectivity index (χ1n) is 6.19. The lowest BCUT2D eigenvalue weighted by molar-refractivity contribution is -0.135. The van der Waals surface area contributed by atoms with Crippen molar-refractivity contribution in [2.45, 2.75) is 13.1 Å². The van der Waals surface area contributed by atoms with Crippen molar-refractivity contribution in [1.29, 1.82) is 0 Å². The molecule has 4 nitrogen and oxygen atoms in total. The van der Waals surface area contributed by atoms with Gasteiger partial charge in [-0.3, -0.25) is 4.79 Å². The molecule has 0 heterocycles. The van der Waals surface area contributed by atoms with E-state index in [1.165, 1.54) is 13.2 Å². The van der Waals surface area contributed by atoms with Gasteiger partial charge < -0.3 is 14.8 Å². The van der Waals surface area contributed by atoms with Gasteiger partial charge in [-0.2, -0.15) is 13.2 Å². The smallest absolute Gasteiger partial charge is 0.405 e. The van der Waals surface area contributed by atoms with Crippen LogP contribution in [0.25, 0.3) is 6.08 Å². The molecule has 1 aromatic carbocycles. The topological polar surface area (TPSA) is 47.6 Å². The molecule has 0 aliphatic rings. The summed E-state index contributed by atoms with van der Waals surface area (Å²) in [5, 5.41) is 1.75. The zero-order valence-corrected chi connectivity index (χ0v) is 11.7. The highest BCUT2D eigenvalue weighted by molar-refractivity contribution is 5.91. The lowest BCUT2D eigenvalue weighted by atomic mass is 10.2. The molecule has 0 saturated heterocycles. The van der Waals surface area contributed by atoms with Crippen molar-refractivity contribution in [3.05, 3.63) is 29.8 Å². The number of rotatable bonds is 6.